The lowest BCUT2D eigenvalue weighted by Gasteiger charge is -2.11. The number of benzene rings is 1. The molecule has 0 radical (unpaired) electrons. The van der Waals surface area contributed by atoms with Gasteiger partial charge in [-0.2, -0.15) is 13.2 Å². The molecular weight excluding hydrogens is 269 g/mol. The minimum absolute atomic E-state index is 0.00893. The molecule has 0 aliphatic heterocycles. The van der Waals surface area contributed by atoms with Gasteiger partial charge in [0.1, 0.15) is 6.26 Å². The lowest BCUT2D eigenvalue weighted by molar-refractivity contribution is -0.138. The lowest BCUT2D eigenvalue weighted by atomic mass is 10.0. The lowest BCUT2D eigenvalue weighted by Crippen LogP contribution is -2.12. The van der Waals surface area contributed by atoms with Crippen molar-refractivity contribution in [3.8, 4) is 0 Å². The summed E-state index contributed by atoms with van der Waals surface area (Å²) in [5.41, 5.74) is 0.180. The van der Waals surface area contributed by atoms with Crippen LogP contribution in [0.2, 0.25) is 0 Å². The van der Waals surface area contributed by atoms with Gasteiger partial charge in [-0.3, -0.25) is 0 Å². The van der Waals surface area contributed by atoms with Crippen LogP contribution in [-0.2, 0) is 12.6 Å². The summed E-state index contributed by atoms with van der Waals surface area (Å²) in [6, 6.07) is 5.44. The Kier molecular flexibility index (Phi) is 4.13. The van der Waals surface area contributed by atoms with Crippen LogP contribution in [0.25, 0.3) is 0 Å². The van der Waals surface area contributed by atoms with E-state index in [1.807, 2.05) is 6.92 Å². The molecule has 0 aliphatic rings. The van der Waals surface area contributed by atoms with Crippen molar-refractivity contribution in [3.05, 3.63) is 53.2 Å². The molecule has 20 heavy (non-hydrogen) atoms. The van der Waals surface area contributed by atoms with E-state index >= 15 is 0 Å². The monoisotopic (exact) mass is 284 g/mol. The van der Waals surface area contributed by atoms with Crippen LogP contribution in [0.4, 0.5) is 13.2 Å². The van der Waals surface area contributed by atoms with Gasteiger partial charge in [0.2, 0.25) is 0 Å². The van der Waals surface area contributed by atoms with Gasteiger partial charge in [-0.15, -0.1) is 0 Å². The number of hydrogen-bond donors (Lipinski definition) is 1. The number of nitrogens with one attached hydrogen (secondary N) is 1. The first-order chi connectivity index (χ1) is 9.41. The van der Waals surface area contributed by atoms with E-state index in [1.165, 1.54) is 18.4 Å². The van der Waals surface area contributed by atoms with Gasteiger partial charge in [-0.1, -0.05) is 18.2 Å². The molecule has 0 spiro atoms. The van der Waals surface area contributed by atoms with Gasteiger partial charge in [0.25, 0.3) is 0 Å². The highest BCUT2D eigenvalue weighted by Crippen LogP contribution is 2.32. The third-order valence-corrected chi connectivity index (χ3v) is 3.11. The Labute approximate surface area is 114 Å². The van der Waals surface area contributed by atoms with Crippen LogP contribution in [-0.4, -0.2) is 12.0 Å². The molecule has 2 aromatic rings. The first-order valence-electron chi connectivity index (χ1n) is 6.18. The van der Waals surface area contributed by atoms with Crippen molar-refractivity contribution in [2.45, 2.75) is 25.6 Å². The fraction of sp³-hybridized carbons (Fsp3) is 0.357. The molecule has 0 saturated heterocycles. The van der Waals surface area contributed by atoms with Crippen LogP contribution in [0.3, 0.4) is 0 Å². The van der Waals surface area contributed by atoms with Crippen LogP contribution in [0.5, 0.6) is 0 Å². The molecule has 1 heterocycles. The Morgan fingerprint density at radius 3 is 2.65 bits per heavy atom. The molecule has 1 aromatic heterocycles. The zero-order valence-corrected chi connectivity index (χ0v) is 11.2. The third-order valence-electron chi connectivity index (χ3n) is 3.11. The number of aromatic nitrogens is 1. The fourth-order valence-corrected chi connectivity index (χ4v) is 1.87. The molecule has 0 fully saturated rings. The Bertz CT molecular complexity index is 578. The molecule has 0 amide bonds. The maximum atomic E-state index is 12.9. The molecular formula is C14H15F3N2O. The van der Waals surface area contributed by atoms with E-state index in [9.17, 15) is 13.2 Å². The standard InChI is InChI=1S/C14H15F3N2O/c1-9(18-2)12-8-20-13(19-12)7-10-5-3-4-6-11(10)14(15,16)17/h3-6,8-9,18H,7H2,1-2H3. The van der Waals surface area contributed by atoms with Crippen molar-refractivity contribution >= 4 is 0 Å². The smallest absolute Gasteiger partial charge is 0.416 e. The molecule has 3 nitrogen and oxygen atoms in total. The van der Waals surface area contributed by atoms with Gasteiger partial charge >= 0.3 is 6.18 Å². The molecule has 1 unspecified atom stereocenters. The maximum absolute atomic E-state index is 12.9. The number of nitrogens with zero attached hydrogens (tertiary/aromatic N) is 1. The quantitative estimate of drug-likeness (QED) is 0.932. The average molecular weight is 284 g/mol. The van der Waals surface area contributed by atoms with E-state index in [0.29, 0.717) is 5.69 Å². The largest absolute Gasteiger partial charge is 0.448 e. The second-order valence-corrected chi connectivity index (χ2v) is 4.51. The van der Waals surface area contributed by atoms with Gasteiger partial charge in [0.15, 0.2) is 5.89 Å². The minimum Gasteiger partial charge on any atom is -0.448 e. The fourth-order valence-electron chi connectivity index (χ4n) is 1.87. The van der Waals surface area contributed by atoms with Crippen LogP contribution in [0.15, 0.2) is 34.9 Å². The first-order valence-corrected chi connectivity index (χ1v) is 6.18. The molecule has 1 aromatic carbocycles. The Balaban J connectivity index is 2.25. The number of alkyl halides is 3. The molecule has 0 bridgehead atoms. The zero-order valence-electron chi connectivity index (χ0n) is 11.2. The number of halogens is 3. The van der Waals surface area contributed by atoms with Gasteiger partial charge < -0.3 is 9.73 Å². The number of oxazole rings is 1. The number of rotatable bonds is 4. The predicted molar refractivity (Wildman–Crippen MR) is 68.2 cm³/mol. The summed E-state index contributed by atoms with van der Waals surface area (Å²) in [5, 5.41) is 2.99. The summed E-state index contributed by atoms with van der Waals surface area (Å²) in [6.45, 7) is 1.89. The van der Waals surface area contributed by atoms with E-state index in [2.05, 4.69) is 10.3 Å². The van der Waals surface area contributed by atoms with Gasteiger partial charge in [-0.25, -0.2) is 4.98 Å². The van der Waals surface area contributed by atoms with Crippen LogP contribution in [0.1, 0.15) is 35.7 Å². The summed E-state index contributed by atoms with van der Waals surface area (Å²) in [4.78, 5) is 4.20. The summed E-state index contributed by atoms with van der Waals surface area (Å²) in [5.74, 6) is 0.277. The molecule has 6 heteroatoms. The maximum Gasteiger partial charge on any atom is 0.416 e. The van der Waals surface area contributed by atoms with Crippen molar-refractivity contribution in [2.75, 3.05) is 7.05 Å². The van der Waals surface area contributed by atoms with Crippen LogP contribution >= 0.6 is 0 Å². The first kappa shape index (κ1) is 14.6. The second kappa shape index (κ2) is 5.66. The van der Waals surface area contributed by atoms with Crippen LogP contribution in [0, 0.1) is 0 Å². The number of hydrogen-bond acceptors (Lipinski definition) is 3. The normalized spacial score (nSPS) is 13.4. The van der Waals surface area contributed by atoms with E-state index in [1.54, 1.807) is 13.1 Å². The van der Waals surface area contributed by atoms with Crippen molar-refractivity contribution in [3.63, 3.8) is 0 Å². The summed E-state index contributed by atoms with van der Waals surface area (Å²) >= 11 is 0. The summed E-state index contributed by atoms with van der Waals surface area (Å²) in [7, 11) is 1.78. The highest BCUT2D eigenvalue weighted by atomic mass is 19.4. The molecule has 2 rings (SSSR count). The molecule has 108 valence electrons. The Morgan fingerprint density at radius 2 is 2.00 bits per heavy atom. The topological polar surface area (TPSA) is 38.1 Å². The second-order valence-electron chi connectivity index (χ2n) is 4.51. The SMILES string of the molecule is CNC(C)c1coc(Cc2ccccc2C(F)(F)F)n1. The molecule has 1 atom stereocenters. The third kappa shape index (κ3) is 3.19. The molecule has 1 N–H and O–H groups in total. The van der Waals surface area contributed by atoms with E-state index < -0.39 is 11.7 Å². The van der Waals surface area contributed by atoms with Crippen molar-refractivity contribution < 1.29 is 17.6 Å². The van der Waals surface area contributed by atoms with Crippen molar-refractivity contribution in [1.29, 1.82) is 0 Å². The summed E-state index contributed by atoms with van der Waals surface area (Å²) in [6.07, 6.45) is -2.89. The summed E-state index contributed by atoms with van der Waals surface area (Å²) < 4.78 is 43.9. The van der Waals surface area contributed by atoms with Crippen LogP contribution < -0.4 is 5.32 Å². The van der Waals surface area contributed by atoms with E-state index in [-0.39, 0.29) is 23.9 Å². The van der Waals surface area contributed by atoms with Gasteiger partial charge in [0, 0.05) is 12.5 Å². The minimum atomic E-state index is -4.37. The highest BCUT2D eigenvalue weighted by Gasteiger charge is 2.33. The highest BCUT2D eigenvalue weighted by molar-refractivity contribution is 5.31. The van der Waals surface area contributed by atoms with E-state index in [4.69, 9.17) is 4.42 Å². The van der Waals surface area contributed by atoms with Gasteiger partial charge in [-0.05, 0) is 25.6 Å². The average Bonchev–Trinajstić information content (AvgIpc) is 2.86. The van der Waals surface area contributed by atoms with Crippen molar-refractivity contribution in [2.24, 2.45) is 0 Å². The predicted octanol–water partition coefficient (Wildman–Crippen LogP) is 3.56. The molecule has 0 aliphatic carbocycles. The molecule has 0 saturated carbocycles. The van der Waals surface area contributed by atoms with Gasteiger partial charge in [0.05, 0.1) is 11.3 Å². The Morgan fingerprint density at radius 1 is 1.30 bits per heavy atom. The van der Waals surface area contributed by atoms with Crippen molar-refractivity contribution in [1.82, 2.24) is 10.3 Å². The van der Waals surface area contributed by atoms with E-state index in [0.717, 1.165) is 6.07 Å². The Hall–Kier alpha value is -1.82. The zero-order chi connectivity index (χ0) is 14.8.